The molecule has 0 atom stereocenters. The number of anilines is 1. The Balaban J connectivity index is 2.27. The predicted molar refractivity (Wildman–Crippen MR) is 74.0 cm³/mol. The quantitative estimate of drug-likeness (QED) is 0.672. The minimum Gasteiger partial charge on any atom is -0.478 e. The van der Waals surface area contributed by atoms with Crippen LogP contribution in [0.3, 0.4) is 0 Å². The number of aromatic carboxylic acids is 1. The van der Waals surface area contributed by atoms with Gasteiger partial charge in [-0.25, -0.2) is 9.59 Å². The third-order valence-corrected chi connectivity index (χ3v) is 3.01. The monoisotopic (exact) mass is 286 g/mol. The molecule has 19 heavy (non-hydrogen) atoms. The van der Waals surface area contributed by atoms with Crippen molar-refractivity contribution < 1.29 is 19.4 Å². The fourth-order valence-corrected chi connectivity index (χ4v) is 2.09. The molecule has 1 heterocycles. The Hall–Kier alpha value is -1.60. The maximum atomic E-state index is 11.5. The Labute approximate surface area is 115 Å². The number of hydrogen-bond acceptors (Lipinski definition) is 4. The summed E-state index contributed by atoms with van der Waals surface area (Å²) >= 11 is 1.18. The first kappa shape index (κ1) is 15.5. The van der Waals surface area contributed by atoms with Gasteiger partial charge in [0, 0.05) is 13.2 Å². The molecule has 1 rings (SSSR count). The van der Waals surface area contributed by atoms with Crippen LogP contribution in [0.1, 0.15) is 30.6 Å². The maximum absolute atomic E-state index is 11.5. The molecule has 6 nitrogen and oxygen atoms in total. The summed E-state index contributed by atoms with van der Waals surface area (Å²) < 4.78 is 5.33. The number of amides is 2. The summed E-state index contributed by atoms with van der Waals surface area (Å²) in [4.78, 5) is 22.4. The van der Waals surface area contributed by atoms with E-state index in [2.05, 4.69) is 10.6 Å². The number of nitrogens with one attached hydrogen (secondary N) is 2. The Kier molecular flexibility index (Phi) is 6.31. The fourth-order valence-electron chi connectivity index (χ4n) is 1.31. The molecule has 1 aromatic heterocycles. The van der Waals surface area contributed by atoms with Gasteiger partial charge in [-0.05, 0) is 31.7 Å². The number of thiophene rings is 1. The van der Waals surface area contributed by atoms with Gasteiger partial charge in [0.05, 0.1) is 11.7 Å². The fraction of sp³-hybridized carbons (Fsp3) is 0.500. The highest BCUT2D eigenvalue weighted by Gasteiger charge is 2.13. The summed E-state index contributed by atoms with van der Waals surface area (Å²) in [6, 6.07) is 1.05. The van der Waals surface area contributed by atoms with Gasteiger partial charge in [-0.15, -0.1) is 11.3 Å². The maximum Gasteiger partial charge on any atom is 0.338 e. The largest absolute Gasteiger partial charge is 0.478 e. The van der Waals surface area contributed by atoms with Gasteiger partial charge in [-0.1, -0.05) is 0 Å². The zero-order valence-corrected chi connectivity index (χ0v) is 11.8. The standard InChI is InChI=1S/C12H18N2O4S/c1-8(2)18-6-3-5-13-12(17)14-10-9(11(15)16)4-7-19-10/h4,7-8H,3,5-6H2,1-2H3,(H,15,16)(H2,13,14,17). The number of carboxylic acid groups (broad SMARTS) is 1. The second-order valence-electron chi connectivity index (χ2n) is 4.12. The molecule has 0 saturated heterocycles. The lowest BCUT2D eigenvalue weighted by Gasteiger charge is -2.09. The second kappa shape index (κ2) is 7.75. The summed E-state index contributed by atoms with van der Waals surface area (Å²) in [7, 11) is 0. The lowest BCUT2D eigenvalue weighted by atomic mass is 10.3. The molecule has 0 fully saturated rings. The smallest absolute Gasteiger partial charge is 0.338 e. The van der Waals surface area contributed by atoms with E-state index in [9.17, 15) is 9.59 Å². The average Bonchev–Trinajstić information content (AvgIpc) is 2.76. The van der Waals surface area contributed by atoms with Crippen molar-refractivity contribution in [3.63, 3.8) is 0 Å². The van der Waals surface area contributed by atoms with E-state index in [1.54, 1.807) is 5.38 Å². The summed E-state index contributed by atoms with van der Waals surface area (Å²) in [5.41, 5.74) is 0.100. The Morgan fingerprint density at radius 1 is 1.47 bits per heavy atom. The molecule has 0 radical (unpaired) electrons. The first-order valence-electron chi connectivity index (χ1n) is 5.98. The number of carbonyl (C=O) groups excluding carboxylic acids is 1. The van der Waals surface area contributed by atoms with Crippen LogP contribution < -0.4 is 10.6 Å². The van der Waals surface area contributed by atoms with Gasteiger partial charge in [0.25, 0.3) is 0 Å². The normalized spacial score (nSPS) is 10.5. The van der Waals surface area contributed by atoms with E-state index in [-0.39, 0.29) is 11.7 Å². The molecule has 1 aromatic rings. The number of carbonyl (C=O) groups is 2. The van der Waals surface area contributed by atoms with Gasteiger partial charge in [-0.2, -0.15) is 0 Å². The zero-order chi connectivity index (χ0) is 14.3. The number of urea groups is 1. The van der Waals surface area contributed by atoms with Crippen LogP contribution in [0, 0.1) is 0 Å². The van der Waals surface area contributed by atoms with Crippen LogP contribution in [0.15, 0.2) is 11.4 Å². The van der Waals surface area contributed by atoms with Crippen LogP contribution in [0.25, 0.3) is 0 Å². The van der Waals surface area contributed by atoms with Crippen molar-refractivity contribution in [1.82, 2.24) is 5.32 Å². The first-order chi connectivity index (χ1) is 9.00. The van der Waals surface area contributed by atoms with E-state index >= 15 is 0 Å². The zero-order valence-electron chi connectivity index (χ0n) is 10.9. The van der Waals surface area contributed by atoms with Gasteiger partial charge < -0.3 is 15.2 Å². The van der Waals surface area contributed by atoms with E-state index in [0.717, 1.165) is 0 Å². The molecule has 0 aliphatic heterocycles. The van der Waals surface area contributed by atoms with E-state index in [4.69, 9.17) is 9.84 Å². The van der Waals surface area contributed by atoms with Crippen molar-refractivity contribution >= 4 is 28.3 Å². The van der Waals surface area contributed by atoms with E-state index in [1.165, 1.54) is 17.4 Å². The highest BCUT2D eigenvalue weighted by Crippen LogP contribution is 2.22. The van der Waals surface area contributed by atoms with Crippen LogP contribution >= 0.6 is 11.3 Å². The minimum absolute atomic E-state index is 0.100. The highest BCUT2D eigenvalue weighted by molar-refractivity contribution is 7.14. The van der Waals surface area contributed by atoms with Gasteiger partial charge in [0.2, 0.25) is 0 Å². The molecule has 2 amide bonds. The van der Waals surface area contributed by atoms with Crippen molar-refractivity contribution in [2.45, 2.75) is 26.4 Å². The summed E-state index contributed by atoms with van der Waals surface area (Å²) in [5.74, 6) is -1.05. The van der Waals surface area contributed by atoms with Gasteiger partial charge in [-0.3, -0.25) is 5.32 Å². The third-order valence-electron chi connectivity index (χ3n) is 2.18. The van der Waals surface area contributed by atoms with Crippen molar-refractivity contribution in [1.29, 1.82) is 0 Å². The lowest BCUT2D eigenvalue weighted by molar-refractivity contribution is 0.0698. The summed E-state index contributed by atoms with van der Waals surface area (Å²) in [5, 5.41) is 16.0. The van der Waals surface area contributed by atoms with E-state index < -0.39 is 12.0 Å². The molecule has 0 aromatic carbocycles. The van der Waals surface area contributed by atoms with Crippen LogP contribution in [-0.2, 0) is 4.74 Å². The molecule has 7 heteroatoms. The van der Waals surface area contributed by atoms with Crippen LogP contribution in [0.2, 0.25) is 0 Å². The Bertz CT molecular complexity index is 431. The second-order valence-corrected chi connectivity index (χ2v) is 5.04. The minimum atomic E-state index is -1.05. The van der Waals surface area contributed by atoms with Crippen molar-refractivity contribution in [3.05, 3.63) is 17.0 Å². The molecule has 0 spiro atoms. The topological polar surface area (TPSA) is 87.7 Å². The van der Waals surface area contributed by atoms with Crippen molar-refractivity contribution in [2.24, 2.45) is 0 Å². The molecule has 0 unspecified atom stereocenters. The van der Waals surface area contributed by atoms with E-state index in [1.807, 2.05) is 13.8 Å². The van der Waals surface area contributed by atoms with Gasteiger partial charge >= 0.3 is 12.0 Å². The molecule has 3 N–H and O–H groups in total. The molecule has 0 bridgehead atoms. The molecule has 0 saturated carbocycles. The molecule has 0 aliphatic rings. The lowest BCUT2D eigenvalue weighted by Crippen LogP contribution is -2.30. The Morgan fingerprint density at radius 2 is 2.21 bits per heavy atom. The number of ether oxygens (including phenoxy) is 1. The van der Waals surface area contributed by atoms with Gasteiger partial charge in [0.1, 0.15) is 5.00 Å². The number of hydrogen-bond donors (Lipinski definition) is 3. The van der Waals surface area contributed by atoms with Crippen molar-refractivity contribution in [3.8, 4) is 0 Å². The van der Waals surface area contributed by atoms with Crippen LogP contribution in [0.4, 0.5) is 9.80 Å². The molecular weight excluding hydrogens is 268 g/mol. The summed E-state index contributed by atoms with van der Waals surface area (Å²) in [6.45, 7) is 4.96. The first-order valence-corrected chi connectivity index (χ1v) is 6.86. The predicted octanol–water partition coefficient (Wildman–Crippen LogP) is 2.38. The summed E-state index contributed by atoms with van der Waals surface area (Å²) in [6.07, 6.45) is 0.889. The average molecular weight is 286 g/mol. The number of rotatable bonds is 7. The number of carboxylic acids is 1. The van der Waals surface area contributed by atoms with Crippen LogP contribution in [0.5, 0.6) is 0 Å². The Morgan fingerprint density at radius 3 is 2.84 bits per heavy atom. The molecule has 106 valence electrons. The highest BCUT2D eigenvalue weighted by atomic mass is 32.1. The van der Waals surface area contributed by atoms with Crippen molar-refractivity contribution in [2.75, 3.05) is 18.5 Å². The SMILES string of the molecule is CC(C)OCCCNC(=O)Nc1sccc1C(=O)O. The van der Waals surface area contributed by atoms with E-state index in [0.29, 0.717) is 24.6 Å². The third kappa shape index (κ3) is 5.71. The molecule has 0 aliphatic carbocycles. The van der Waals surface area contributed by atoms with Crippen LogP contribution in [-0.4, -0.2) is 36.4 Å². The molecular formula is C12H18N2O4S. The van der Waals surface area contributed by atoms with Gasteiger partial charge in [0.15, 0.2) is 0 Å².